The van der Waals surface area contributed by atoms with Crippen molar-refractivity contribution >= 4 is 22.6 Å². The summed E-state index contributed by atoms with van der Waals surface area (Å²) >= 11 is 0. The van der Waals surface area contributed by atoms with E-state index in [-0.39, 0.29) is 18.6 Å². The van der Waals surface area contributed by atoms with Crippen LogP contribution >= 0.6 is 0 Å². The summed E-state index contributed by atoms with van der Waals surface area (Å²) < 4.78 is 18.2. The Morgan fingerprint density at radius 2 is 1.87 bits per heavy atom. The van der Waals surface area contributed by atoms with Gasteiger partial charge in [0.1, 0.15) is 18.1 Å². The summed E-state index contributed by atoms with van der Waals surface area (Å²) in [5.74, 6) is 0.882. The minimum absolute atomic E-state index is 0.108. The Hall–Kier alpha value is -4.37. The molecule has 0 amide bonds. The third kappa shape index (κ3) is 3.11. The highest BCUT2D eigenvalue weighted by molar-refractivity contribution is 5.90. The van der Waals surface area contributed by atoms with Crippen molar-refractivity contribution in [2.24, 2.45) is 0 Å². The molecule has 0 aliphatic carbocycles. The summed E-state index contributed by atoms with van der Waals surface area (Å²) in [4.78, 5) is 33.0. The van der Waals surface area contributed by atoms with Gasteiger partial charge in [-0.1, -0.05) is 6.92 Å². The molecule has 2 aromatic carbocycles. The summed E-state index contributed by atoms with van der Waals surface area (Å²) in [5.41, 5.74) is 3.53. The van der Waals surface area contributed by atoms with Crippen LogP contribution in [0.2, 0.25) is 0 Å². The first-order valence-electron chi connectivity index (χ1n) is 12.6. The lowest BCUT2D eigenvalue weighted by atomic mass is 9.86. The Bertz CT molecular complexity index is 1710. The fraction of sp³-hybridized carbons (Fsp3) is 0.276. The number of benzene rings is 2. The molecule has 5 heterocycles. The van der Waals surface area contributed by atoms with E-state index in [4.69, 9.17) is 19.2 Å². The maximum atomic E-state index is 13.5. The van der Waals surface area contributed by atoms with Crippen molar-refractivity contribution in [2.45, 2.75) is 38.6 Å². The maximum absolute atomic E-state index is 13.5. The fourth-order valence-electron chi connectivity index (χ4n) is 5.73. The molecule has 192 valence electrons. The summed E-state index contributed by atoms with van der Waals surface area (Å²) in [6, 6.07) is 15.5. The average Bonchev–Trinajstić information content (AvgIpc) is 3.32. The molecule has 0 fully saturated rings. The molecule has 0 saturated carbocycles. The van der Waals surface area contributed by atoms with Gasteiger partial charge < -0.3 is 28.8 Å². The third-order valence-electron chi connectivity index (χ3n) is 7.92. The number of cyclic esters (lactones) is 1. The molecule has 3 aliphatic heterocycles. The van der Waals surface area contributed by atoms with E-state index >= 15 is 0 Å². The Morgan fingerprint density at radius 3 is 2.63 bits per heavy atom. The molecule has 0 radical (unpaired) electrons. The van der Waals surface area contributed by atoms with Gasteiger partial charge in [-0.15, -0.1) is 0 Å². The number of fused-ring (bicyclic) bond motifs is 7. The molecule has 38 heavy (non-hydrogen) atoms. The molecule has 2 aromatic heterocycles. The van der Waals surface area contributed by atoms with Gasteiger partial charge in [0.15, 0.2) is 12.3 Å². The lowest BCUT2D eigenvalue weighted by Gasteiger charge is -2.31. The van der Waals surface area contributed by atoms with E-state index in [0.29, 0.717) is 42.3 Å². The van der Waals surface area contributed by atoms with Crippen LogP contribution < -0.4 is 19.9 Å². The quantitative estimate of drug-likeness (QED) is 0.368. The van der Waals surface area contributed by atoms with Gasteiger partial charge in [-0.3, -0.25) is 4.79 Å². The number of pyridine rings is 2. The highest BCUT2D eigenvalue weighted by Gasteiger charge is 2.45. The standard InChI is InChI=1S/C29H25N3O6/c1-3-29(35)22-11-24-26-16(12-32(24)27(33)21(22)14-37-28(29)34)10-19-20-13-31(17-4-6-18(36-2)7-5-17)15-38-25(20)9-8-23(19)30-26/h4-11,35H,3,12-15H2,1-2H3/t29-/m0/s1. The Kier molecular flexibility index (Phi) is 4.84. The van der Waals surface area contributed by atoms with Crippen LogP contribution in [-0.4, -0.2) is 34.5 Å². The van der Waals surface area contributed by atoms with Crippen molar-refractivity contribution in [1.82, 2.24) is 9.55 Å². The van der Waals surface area contributed by atoms with Gasteiger partial charge in [-0.05, 0) is 55.0 Å². The number of methoxy groups -OCH3 is 1. The average molecular weight is 512 g/mol. The molecule has 0 saturated heterocycles. The molecule has 7 rings (SSSR count). The molecular formula is C29H25N3O6. The highest BCUT2D eigenvalue weighted by atomic mass is 16.6. The van der Waals surface area contributed by atoms with E-state index < -0.39 is 11.6 Å². The van der Waals surface area contributed by atoms with Crippen molar-refractivity contribution in [1.29, 1.82) is 0 Å². The van der Waals surface area contributed by atoms with E-state index in [0.717, 1.165) is 39.2 Å². The minimum atomic E-state index is -1.84. The first-order chi connectivity index (χ1) is 18.4. The lowest BCUT2D eigenvalue weighted by Crippen LogP contribution is -2.44. The second kappa shape index (κ2) is 8.06. The SMILES string of the molecule is CC[C@@]1(O)C(=O)OCc2c1cc1n(c2=O)Cc2cc3c4c(ccc3nc2-1)OCN(c1ccc(OC)cc1)C4. The van der Waals surface area contributed by atoms with E-state index in [1.807, 2.05) is 36.4 Å². The van der Waals surface area contributed by atoms with Crippen LogP contribution in [0.1, 0.15) is 35.6 Å². The van der Waals surface area contributed by atoms with Gasteiger partial charge in [0.25, 0.3) is 5.56 Å². The molecule has 0 unspecified atom stereocenters. The van der Waals surface area contributed by atoms with Gasteiger partial charge >= 0.3 is 5.97 Å². The van der Waals surface area contributed by atoms with Crippen LogP contribution in [0.5, 0.6) is 11.5 Å². The van der Waals surface area contributed by atoms with Crippen molar-refractivity contribution < 1.29 is 24.1 Å². The number of aromatic nitrogens is 2. The number of aliphatic hydroxyl groups is 1. The largest absolute Gasteiger partial charge is 0.497 e. The lowest BCUT2D eigenvalue weighted by molar-refractivity contribution is -0.172. The molecular weight excluding hydrogens is 486 g/mol. The van der Waals surface area contributed by atoms with Crippen LogP contribution in [0, 0.1) is 0 Å². The zero-order valence-corrected chi connectivity index (χ0v) is 21.0. The zero-order valence-electron chi connectivity index (χ0n) is 21.0. The summed E-state index contributed by atoms with van der Waals surface area (Å²) in [6.07, 6.45) is 0.108. The normalized spacial score (nSPS) is 19.2. The number of rotatable bonds is 3. The molecule has 4 aromatic rings. The summed E-state index contributed by atoms with van der Waals surface area (Å²) in [7, 11) is 1.64. The van der Waals surface area contributed by atoms with Gasteiger partial charge in [0.05, 0.1) is 42.7 Å². The van der Waals surface area contributed by atoms with Crippen molar-refractivity contribution in [3.8, 4) is 22.9 Å². The topological polar surface area (TPSA) is 103 Å². The molecule has 0 bridgehead atoms. The summed E-state index contributed by atoms with van der Waals surface area (Å²) in [6.45, 7) is 2.97. The van der Waals surface area contributed by atoms with Crippen molar-refractivity contribution in [3.05, 3.63) is 81.1 Å². The van der Waals surface area contributed by atoms with Crippen LogP contribution in [0.3, 0.4) is 0 Å². The molecule has 1 atom stereocenters. The van der Waals surface area contributed by atoms with Crippen LogP contribution in [-0.2, 0) is 34.8 Å². The molecule has 1 N–H and O–H groups in total. The Balaban J connectivity index is 1.33. The molecule has 9 heteroatoms. The number of carbonyl (C=O) groups is 1. The molecule has 0 spiro atoms. The number of esters is 1. The number of ether oxygens (including phenoxy) is 3. The number of anilines is 1. The van der Waals surface area contributed by atoms with Crippen molar-refractivity contribution in [2.75, 3.05) is 18.7 Å². The first kappa shape index (κ1) is 22.8. The number of hydrogen-bond acceptors (Lipinski definition) is 8. The molecule has 3 aliphatic rings. The third-order valence-corrected chi connectivity index (χ3v) is 7.92. The second-order valence-electron chi connectivity index (χ2n) is 9.88. The Labute approximate surface area is 217 Å². The van der Waals surface area contributed by atoms with Gasteiger partial charge in [-0.2, -0.15) is 0 Å². The first-order valence-corrected chi connectivity index (χ1v) is 12.6. The van der Waals surface area contributed by atoms with Crippen LogP contribution in [0.25, 0.3) is 22.3 Å². The van der Waals surface area contributed by atoms with Gasteiger partial charge in [-0.25, -0.2) is 9.78 Å². The molecule has 9 nitrogen and oxygen atoms in total. The minimum Gasteiger partial charge on any atom is -0.497 e. The van der Waals surface area contributed by atoms with E-state index in [9.17, 15) is 14.7 Å². The zero-order chi connectivity index (χ0) is 26.2. The smallest absolute Gasteiger partial charge is 0.343 e. The number of carbonyl (C=O) groups excluding carboxylic acids is 1. The van der Waals surface area contributed by atoms with E-state index in [1.54, 1.807) is 24.7 Å². The van der Waals surface area contributed by atoms with Crippen LogP contribution in [0.15, 0.2) is 53.3 Å². The van der Waals surface area contributed by atoms with Gasteiger partial charge in [0, 0.05) is 27.8 Å². The van der Waals surface area contributed by atoms with E-state index in [1.165, 1.54) is 0 Å². The number of nitrogens with zero attached hydrogens (tertiary/aromatic N) is 3. The predicted octanol–water partition coefficient (Wildman–Crippen LogP) is 3.44. The fourth-order valence-corrected chi connectivity index (χ4v) is 5.73. The highest BCUT2D eigenvalue weighted by Crippen LogP contribution is 2.41. The maximum Gasteiger partial charge on any atom is 0.343 e. The number of hydrogen-bond donors (Lipinski definition) is 1. The summed E-state index contributed by atoms with van der Waals surface area (Å²) in [5, 5.41) is 12.1. The predicted molar refractivity (Wildman–Crippen MR) is 139 cm³/mol. The monoisotopic (exact) mass is 511 g/mol. The van der Waals surface area contributed by atoms with Gasteiger partial charge in [0.2, 0.25) is 0 Å². The Morgan fingerprint density at radius 1 is 1.05 bits per heavy atom. The second-order valence-corrected chi connectivity index (χ2v) is 9.88. The van der Waals surface area contributed by atoms with Crippen LogP contribution in [0.4, 0.5) is 5.69 Å². The van der Waals surface area contributed by atoms with E-state index in [2.05, 4.69) is 11.0 Å². The van der Waals surface area contributed by atoms with Crippen molar-refractivity contribution in [3.63, 3.8) is 0 Å².